The Morgan fingerprint density at radius 2 is 1.83 bits per heavy atom. The molecule has 10 heteroatoms. The lowest BCUT2D eigenvalue weighted by molar-refractivity contribution is -0.384. The number of benzene rings is 2. The van der Waals surface area contributed by atoms with E-state index in [1.807, 2.05) is 19.1 Å². The number of ketones is 1. The minimum atomic E-state index is -0.864. The maximum absolute atomic E-state index is 13.5. The number of rotatable bonds is 7. The van der Waals surface area contributed by atoms with E-state index in [9.17, 15) is 29.3 Å². The minimum absolute atomic E-state index is 0.122. The molecule has 4 rings (SSSR count). The summed E-state index contributed by atoms with van der Waals surface area (Å²) < 4.78 is 5.10. The summed E-state index contributed by atoms with van der Waals surface area (Å²) in [6.07, 6.45) is 4.03. The number of non-ortho nitro benzene ring substituents is 1. The van der Waals surface area contributed by atoms with Crippen molar-refractivity contribution in [3.63, 3.8) is 0 Å². The number of Topliss-reactive ketones (excluding diaryl/α,β-unsaturated/α-hetero) is 1. The zero-order valence-electron chi connectivity index (χ0n) is 19.1. The lowest BCUT2D eigenvalue weighted by Gasteiger charge is -2.30. The second kappa shape index (κ2) is 9.49. The van der Waals surface area contributed by atoms with Gasteiger partial charge in [0.1, 0.15) is 12.3 Å². The number of ether oxygens (including phenoxy) is 1. The summed E-state index contributed by atoms with van der Waals surface area (Å²) in [5.74, 6) is -3.51. The number of imide groups is 1. The molecule has 0 radical (unpaired) electrons. The largest absolute Gasteiger partial charge is 0.497 e. The van der Waals surface area contributed by atoms with Crippen molar-refractivity contribution >= 4 is 29.2 Å². The van der Waals surface area contributed by atoms with E-state index in [-0.39, 0.29) is 22.7 Å². The highest BCUT2D eigenvalue weighted by atomic mass is 16.6. The molecule has 0 spiro atoms. The van der Waals surface area contributed by atoms with Crippen LogP contribution in [0.15, 0.2) is 60.7 Å². The van der Waals surface area contributed by atoms with Crippen molar-refractivity contribution in [2.45, 2.75) is 13.3 Å². The Bertz CT molecular complexity index is 1240. The molecule has 1 aliphatic heterocycles. The van der Waals surface area contributed by atoms with Crippen LogP contribution in [0.5, 0.6) is 5.75 Å². The van der Waals surface area contributed by atoms with E-state index < -0.39 is 46.8 Å². The van der Waals surface area contributed by atoms with Gasteiger partial charge in [-0.3, -0.25) is 29.3 Å². The van der Waals surface area contributed by atoms with Gasteiger partial charge in [0.2, 0.25) is 0 Å². The van der Waals surface area contributed by atoms with Gasteiger partial charge in [-0.15, -0.1) is 0 Å². The van der Waals surface area contributed by atoms with Gasteiger partial charge < -0.3 is 4.74 Å². The third kappa shape index (κ3) is 4.42. The first-order valence-electron chi connectivity index (χ1n) is 11.0. The number of hydrogen-bond donors (Lipinski definition) is 0. The zero-order valence-corrected chi connectivity index (χ0v) is 19.1. The predicted octanol–water partition coefficient (Wildman–Crippen LogP) is 3.04. The van der Waals surface area contributed by atoms with Gasteiger partial charge in [-0.05, 0) is 42.7 Å². The minimum Gasteiger partial charge on any atom is -0.497 e. The molecular weight excluding hydrogens is 454 g/mol. The number of methoxy groups -OCH3 is 1. The van der Waals surface area contributed by atoms with E-state index in [1.54, 1.807) is 12.1 Å². The first-order chi connectivity index (χ1) is 16.7. The monoisotopic (exact) mass is 477 g/mol. The number of carbonyl (C=O) groups is 4. The van der Waals surface area contributed by atoms with Crippen LogP contribution in [0.3, 0.4) is 0 Å². The Morgan fingerprint density at radius 1 is 1.11 bits per heavy atom. The second-order valence-corrected chi connectivity index (χ2v) is 8.47. The number of hydrazine groups is 1. The molecule has 3 amide bonds. The lowest BCUT2D eigenvalue weighted by Crippen LogP contribution is -2.52. The van der Waals surface area contributed by atoms with E-state index in [0.717, 1.165) is 16.1 Å². The number of carbonyl (C=O) groups excluding carboxylic acids is 4. The first-order valence-corrected chi connectivity index (χ1v) is 11.0. The molecule has 1 heterocycles. The Balaban J connectivity index is 1.71. The Morgan fingerprint density at radius 3 is 2.46 bits per heavy atom. The van der Waals surface area contributed by atoms with E-state index in [0.29, 0.717) is 12.2 Å². The molecule has 3 atom stereocenters. The van der Waals surface area contributed by atoms with Gasteiger partial charge >= 0.3 is 0 Å². The summed E-state index contributed by atoms with van der Waals surface area (Å²) >= 11 is 0. The SMILES string of the molecule is COc1ccc(C(=O)CN(C(=O)c2cccc([N+](=O)[O-])c2)N2C(=O)[C@@H]3[C@@H](C)C=CC[C@H]3C2=O)cc1. The molecule has 2 aromatic rings. The van der Waals surface area contributed by atoms with Gasteiger partial charge in [0, 0.05) is 23.3 Å². The third-order valence-corrected chi connectivity index (χ3v) is 6.33. The standard InChI is InChI=1S/C25H23N3O7/c1-15-5-3-8-20-22(15)25(32)27(24(20)31)26(14-21(29)16-9-11-19(35-2)12-10-16)23(30)17-6-4-7-18(13-17)28(33)34/h3-7,9-13,15,20,22H,8,14H2,1-2H3/t15-,20+,22+/m0/s1. The normalized spacial score (nSPS) is 21.0. The third-order valence-electron chi connectivity index (χ3n) is 6.33. The van der Waals surface area contributed by atoms with Crippen LogP contribution in [0.2, 0.25) is 0 Å². The van der Waals surface area contributed by atoms with Crippen LogP contribution in [-0.2, 0) is 9.59 Å². The zero-order chi connectivity index (χ0) is 25.3. The van der Waals surface area contributed by atoms with E-state index in [4.69, 9.17) is 4.74 Å². The summed E-state index contributed by atoms with van der Waals surface area (Å²) in [6, 6.07) is 11.1. The topological polar surface area (TPSA) is 127 Å². The second-order valence-electron chi connectivity index (χ2n) is 8.47. The van der Waals surface area contributed by atoms with E-state index in [2.05, 4.69) is 0 Å². The molecule has 0 bridgehead atoms. The molecule has 10 nitrogen and oxygen atoms in total. The highest BCUT2D eigenvalue weighted by Crippen LogP contribution is 2.39. The molecule has 0 N–H and O–H groups in total. The smallest absolute Gasteiger partial charge is 0.273 e. The molecule has 180 valence electrons. The number of fused-ring (bicyclic) bond motifs is 1. The van der Waals surface area contributed by atoms with Crippen molar-refractivity contribution in [1.82, 2.24) is 10.0 Å². The van der Waals surface area contributed by atoms with Crippen molar-refractivity contribution in [3.05, 3.63) is 81.9 Å². The highest BCUT2D eigenvalue weighted by molar-refractivity contribution is 6.10. The molecule has 2 aliphatic rings. The van der Waals surface area contributed by atoms with Crippen LogP contribution >= 0.6 is 0 Å². The summed E-state index contributed by atoms with van der Waals surface area (Å²) in [5, 5.41) is 12.8. The summed E-state index contributed by atoms with van der Waals surface area (Å²) in [6.45, 7) is 1.21. The highest BCUT2D eigenvalue weighted by Gasteiger charge is 2.53. The maximum Gasteiger partial charge on any atom is 0.273 e. The number of nitro groups is 1. The molecule has 1 aliphatic carbocycles. The molecule has 1 fully saturated rings. The molecule has 2 aromatic carbocycles. The summed E-state index contributed by atoms with van der Waals surface area (Å²) in [5.41, 5.74) is -0.208. The predicted molar refractivity (Wildman–Crippen MR) is 123 cm³/mol. The quantitative estimate of drug-likeness (QED) is 0.197. The van der Waals surface area contributed by atoms with Crippen molar-refractivity contribution in [1.29, 1.82) is 0 Å². The van der Waals surface area contributed by atoms with Gasteiger partial charge in [0.15, 0.2) is 5.78 Å². The van der Waals surface area contributed by atoms with E-state index >= 15 is 0 Å². The fourth-order valence-electron chi connectivity index (χ4n) is 4.51. The van der Waals surface area contributed by atoms with Crippen LogP contribution in [0.25, 0.3) is 0 Å². The van der Waals surface area contributed by atoms with Crippen LogP contribution in [0, 0.1) is 27.9 Å². The number of allylic oxidation sites excluding steroid dienone is 2. The van der Waals surface area contributed by atoms with Gasteiger partial charge in [-0.2, -0.15) is 5.01 Å². The van der Waals surface area contributed by atoms with Crippen LogP contribution in [0.1, 0.15) is 34.1 Å². The van der Waals surface area contributed by atoms with Crippen LogP contribution in [-0.4, -0.2) is 52.1 Å². The summed E-state index contributed by atoms with van der Waals surface area (Å²) in [4.78, 5) is 63.8. The van der Waals surface area contributed by atoms with Gasteiger partial charge in [0.25, 0.3) is 23.4 Å². The van der Waals surface area contributed by atoms with Crippen molar-refractivity contribution in [3.8, 4) is 5.75 Å². The lowest BCUT2D eigenvalue weighted by atomic mass is 9.78. The average Bonchev–Trinajstić information content (AvgIpc) is 3.12. The molecule has 35 heavy (non-hydrogen) atoms. The Kier molecular flexibility index (Phi) is 6.46. The van der Waals surface area contributed by atoms with Crippen molar-refractivity contribution in [2.24, 2.45) is 17.8 Å². The number of hydrogen-bond acceptors (Lipinski definition) is 7. The van der Waals surface area contributed by atoms with Crippen LogP contribution in [0.4, 0.5) is 5.69 Å². The summed E-state index contributed by atoms with van der Waals surface area (Å²) in [7, 11) is 1.48. The Hall–Kier alpha value is -4.34. The van der Waals surface area contributed by atoms with Crippen molar-refractivity contribution < 1.29 is 28.8 Å². The number of nitro benzene ring substituents is 1. The van der Waals surface area contributed by atoms with Gasteiger partial charge in [-0.25, -0.2) is 5.01 Å². The van der Waals surface area contributed by atoms with Gasteiger partial charge in [0.05, 0.1) is 23.9 Å². The molecule has 0 unspecified atom stereocenters. The number of nitrogens with zero attached hydrogens (tertiary/aromatic N) is 3. The molecule has 1 saturated heterocycles. The Labute approximate surface area is 200 Å². The van der Waals surface area contributed by atoms with Crippen LogP contribution < -0.4 is 4.74 Å². The molecule has 0 aromatic heterocycles. The fraction of sp³-hybridized carbons (Fsp3) is 0.280. The number of amides is 3. The first kappa shape index (κ1) is 23.8. The molecule has 0 saturated carbocycles. The maximum atomic E-state index is 13.5. The van der Waals surface area contributed by atoms with Crippen molar-refractivity contribution in [2.75, 3.05) is 13.7 Å². The van der Waals surface area contributed by atoms with Gasteiger partial charge in [-0.1, -0.05) is 25.1 Å². The fourth-order valence-corrected chi connectivity index (χ4v) is 4.51. The molecular formula is C25H23N3O7. The average molecular weight is 477 g/mol. The van der Waals surface area contributed by atoms with E-state index in [1.165, 1.54) is 37.4 Å².